The lowest BCUT2D eigenvalue weighted by atomic mass is 10.1. The second-order valence-electron chi connectivity index (χ2n) is 4.28. The minimum atomic E-state index is 0.0259. The van der Waals surface area contributed by atoms with Gasteiger partial charge in [0.15, 0.2) is 5.78 Å². The molecule has 5 heteroatoms. The summed E-state index contributed by atoms with van der Waals surface area (Å²) in [4.78, 5) is 15.9. The molecular formula is C13H13N3O2. The third kappa shape index (κ3) is 1.64. The van der Waals surface area contributed by atoms with E-state index < -0.39 is 0 Å². The van der Waals surface area contributed by atoms with Gasteiger partial charge < -0.3 is 5.11 Å². The molecule has 0 unspecified atom stereocenters. The van der Waals surface area contributed by atoms with Gasteiger partial charge in [-0.2, -0.15) is 5.10 Å². The Morgan fingerprint density at radius 3 is 2.78 bits per heavy atom. The molecule has 2 heterocycles. The maximum absolute atomic E-state index is 11.9. The first-order valence-corrected chi connectivity index (χ1v) is 5.95. The normalized spacial score (nSPS) is 13.9. The number of aliphatic hydroxyl groups is 1. The van der Waals surface area contributed by atoms with E-state index in [4.69, 9.17) is 5.11 Å². The quantitative estimate of drug-likeness (QED) is 0.875. The average molecular weight is 243 g/mol. The lowest BCUT2D eigenvalue weighted by Crippen LogP contribution is -2.07. The van der Waals surface area contributed by atoms with Gasteiger partial charge in [0, 0.05) is 24.4 Å². The smallest absolute Gasteiger partial charge is 0.167 e. The van der Waals surface area contributed by atoms with Crippen LogP contribution >= 0.6 is 0 Å². The number of pyridine rings is 1. The molecule has 0 fully saturated rings. The molecule has 3 rings (SSSR count). The Morgan fingerprint density at radius 2 is 2.06 bits per heavy atom. The van der Waals surface area contributed by atoms with Crippen molar-refractivity contribution in [2.45, 2.75) is 19.4 Å². The third-order valence-electron chi connectivity index (χ3n) is 3.19. The van der Waals surface area contributed by atoms with Crippen LogP contribution in [0.1, 0.15) is 22.5 Å². The molecule has 1 N–H and O–H groups in total. The summed E-state index contributed by atoms with van der Waals surface area (Å²) in [6.45, 7) is 0.457. The average Bonchev–Trinajstić information content (AvgIpc) is 2.94. The van der Waals surface area contributed by atoms with Crippen LogP contribution in [0, 0.1) is 0 Å². The van der Waals surface area contributed by atoms with Gasteiger partial charge in [-0.1, -0.05) is 0 Å². The lowest BCUT2D eigenvalue weighted by Gasteiger charge is -2.01. The van der Waals surface area contributed by atoms with E-state index in [0.717, 1.165) is 16.8 Å². The van der Waals surface area contributed by atoms with Crippen molar-refractivity contribution in [1.29, 1.82) is 0 Å². The molecule has 0 saturated carbocycles. The number of nitrogens with zero attached hydrogens (tertiary/aromatic N) is 3. The van der Waals surface area contributed by atoms with Crippen LogP contribution in [0.2, 0.25) is 0 Å². The topological polar surface area (TPSA) is 68.0 Å². The Bertz CT molecular complexity index is 590. The summed E-state index contributed by atoms with van der Waals surface area (Å²) >= 11 is 0. The third-order valence-corrected chi connectivity index (χ3v) is 3.19. The Balaban J connectivity index is 2.16. The van der Waals surface area contributed by atoms with Crippen molar-refractivity contribution in [3.05, 3.63) is 35.8 Å². The van der Waals surface area contributed by atoms with Crippen LogP contribution in [0.3, 0.4) is 0 Å². The van der Waals surface area contributed by atoms with E-state index in [0.29, 0.717) is 25.1 Å². The number of carbonyl (C=O) groups excluding carboxylic acids is 1. The molecule has 2 aromatic rings. The maximum atomic E-state index is 11.9. The van der Waals surface area contributed by atoms with Crippen LogP contribution in [0.5, 0.6) is 0 Å². The number of Topliss-reactive ketones (excluding diaryl/α,β-unsaturated/α-hetero) is 1. The van der Waals surface area contributed by atoms with Crippen LogP contribution in [0.25, 0.3) is 11.3 Å². The van der Waals surface area contributed by atoms with Crippen molar-refractivity contribution in [2.75, 3.05) is 6.61 Å². The van der Waals surface area contributed by atoms with Crippen LogP contribution in [-0.4, -0.2) is 32.3 Å². The van der Waals surface area contributed by atoms with Crippen molar-refractivity contribution in [3.63, 3.8) is 0 Å². The summed E-state index contributed by atoms with van der Waals surface area (Å²) in [5.74, 6) is 0.140. The number of ketones is 1. The molecule has 18 heavy (non-hydrogen) atoms. The predicted molar refractivity (Wildman–Crippen MR) is 65.2 cm³/mol. The van der Waals surface area contributed by atoms with E-state index in [1.54, 1.807) is 17.1 Å². The summed E-state index contributed by atoms with van der Waals surface area (Å²) in [7, 11) is 0. The molecule has 0 spiro atoms. The molecule has 5 nitrogen and oxygen atoms in total. The molecule has 1 aliphatic carbocycles. The summed E-state index contributed by atoms with van der Waals surface area (Å²) in [6, 6.07) is 3.69. The Kier molecular flexibility index (Phi) is 2.68. The molecule has 0 aliphatic heterocycles. The second kappa shape index (κ2) is 4.34. The molecule has 2 aromatic heterocycles. The minimum absolute atomic E-state index is 0.0259. The highest BCUT2D eigenvalue weighted by atomic mass is 16.3. The Hall–Kier alpha value is -2.01. The second-order valence-corrected chi connectivity index (χ2v) is 4.28. The highest BCUT2D eigenvalue weighted by Gasteiger charge is 2.29. The van der Waals surface area contributed by atoms with E-state index >= 15 is 0 Å². The number of hydrogen-bond acceptors (Lipinski definition) is 4. The fourth-order valence-corrected chi connectivity index (χ4v) is 2.39. The van der Waals surface area contributed by atoms with E-state index in [1.165, 1.54) is 0 Å². The predicted octanol–water partition coefficient (Wildman–Crippen LogP) is 1.07. The van der Waals surface area contributed by atoms with Crippen molar-refractivity contribution >= 4 is 5.78 Å². The van der Waals surface area contributed by atoms with Crippen LogP contribution in [0.15, 0.2) is 24.5 Å². The molecule has 0 saturated heterocycles. The zero-order chi connectivity index (χ0) is 12.5. The van der Waals surface area contributed by atoms with Gasteiger partial charge in [0.1, 0.15) is 5.69 Å². The molecular weight excluding hydrogens is 230 g/mol. The number of carbonyl (C=O) groups is 1. The minimum Gasteiger partial charge on any atom is -0.394 e. The molecule has 92 valence electrons. The van der Waals surface area contributed by atoms with E-state index in [9.17, 15) is 4.79 Å². The molecule has 0 atom stereocenters. The molecule has 0 aromatic carbocycles. The van der Waals surface area contributed by atoms with Gasteiger partial charge in [0.2, 0.25) is 0 Å². The zero-order valence-electron chi connectivity index (χ0n) is 9.83. The Morgan fingerprint density at radius 1 is 1.28 bits per heavy atom. The summed E-state index contributed by atoms with van der Waals surface area (Å²) in [5, 5.41) is 13.5. The maximum Gasteiger partial charge on any atom is 0.167 e. The monoisotopic (exact) mass is 243 g/mol. The fourth-order valence-electron chi connectivity index (χ4n) is 2.39. The fraction of sp³-hybridized carbons (Fsp3) is 0.308. The number of aromatic nitrogens is 3. The van der Waals surface area contributed by atoms with Crippen LogP contribution in [0.4, 0.5) is 0 Å². The van der Waals surface area contributed by atoms with Crippen LogP contribution in [-0.2, 0) is 13.0 Å². The summed E-state index contributed by atoms with van der Waals surface area (Å²) in [5.41, 5.74) is 3.27. The first-order chi connectivity index (χ1) is 8.81. The molecule has 0 radical (unpaired) electrons. The van der Waals surface area contributed by atoms with Gasteiger partial charge in [-0.25, -0.2) is 0 Å². The van der Waals surface area contributed by atoms with Crippen molar-refractivity contribution in [1.82, 2.24) is 14.8 Å². The van der Waals surface area contributed by atoms with Gasteiger partial charge in [0.05, 0.1) is 24.4 Å². The first kappa shape index (κ1) is 11.1. The van der Waals surface area contributed by atoms with Gasteiger partial charge in [-0.15, -0.1) is 0 Å². The lowest BCUT2D eigenvalue weighted by molar-refractivity contribution is 0.0995. The Labute approximate surface area is 104 Å². The zero-order valence-corrected chi connectivity index (χ0v) is 9.83. The van der Waals surface area contributed by atoms with Gasteiger partial charge in [0.25, 0.3) is 0 Å². The standard InChI is InChI=1S/C13H13N3O2/c17-8-7-16-10-1-2-11(18)12(10)13(15-16)9-3-5-14-6-4-9/h3-6,17H,1-2,7-8H2. The first-order valence-electron chi connectivity index (χ1n) is 5.95. The van der Waals surface area contributed by atoms with Gasteiger partial charge in [-0.3, -0.25) is 14.5 Å². The van der Waals surface area contributed by atoms with Crippen LogP contribution < -0.4 is 0 Å². The number of aliphatic hydroxyl groups excluding tert-OH is 1. The van der Waals surface area contributed by atoms with Gasteiger partial charge in [-0.05, 0) is 18.6 Å². The van der Waals surface area contributed by atoms with E-state index in [1.807, 2.05) is 12.1 Å². The number of fused-ring (bicyclic) bond motifs is 1. The van der Waals surface area contributed by atoms with Crippen molar-refractivity contribution in [3.8, 4) is 11.3 Å². The van der Waals surface area contributed by atoms with Gasteiger partial charge >= 0.3 is 0 Å². The summed E-state index contributed by atoms with van der Waals surface area (Å²) < 4.78 is 1.75. The number of hydrogen-bond donors (Lipinski definition) is 1. The van der Waals surface area contributed by atoms with Crippen molar-refractivity contribution < 1.29 is 9.90 Å². The van der Waals surface area contributed by atoms with E-state index in [-0.39, 0.29) is 12.4 Å². The summed E-state index contributed by atoms with van der Waals surface area (Å²) in [6.07, 6.45) is 4.63. The molecule has 1 aliphatic rings. The highest BCUT2D eigenvalue weighted by molar-refractivity contribution is 6.05. The van der Waals surface area contributed by atoms with Crippen molar-refractivity contribution in [2.24, 2.45) is 0 Å². The van der Waals surface area contributed by atoms with E-state index in [2.05, 4.69) is 10.1 Å². The largest absolute Gasteiger partial charge is 0.394 e. The molecule has 0 amide bonds. The molecule has 0 bridgehead atoms. The SMILES string of the molecule is O=C1CCc2c1c(-c1ccncc1)nn2CCO. The highest BCUT2D eigenvalue weighted by Crippen LogP contribution is 2.31. The number of rotatable bonds is 3.